The first-order valence-corrected chi connectivity index (χ1v) is 11.7. The van der Waals surface area contributed by atoms with E-state index < -0.39 is 17.9 Å². The van der Waals surface area contributed by atoms with E-state index in [4.69, 9.17) is 0 Å². The lowest BCUT2D eigenvalue weighted by Crippen LogP contribution is -2.52. The predicted octanol–water partition coefficient (Wildman–Crippen LogP) is 0.515. The molecular weight excluding hydrogens is 408 g/mol. The molecule has 1 aromatic rings. The average molecular weight is 439 g/mol. The van der Waals surface area contributed by atoms with Gasteiger partial charge in [0.2, 0.25) is 17.6 Å². The summed E-state index contributed by atoms with van der Waals surface area (Å²) in [6.07, 6.45) is 3.14. The van der Waals surface area contributed by atoms with Crippen molar-refractivity contribution in [2.75, 3.05) is 32.7 Å². The Bertz CT molecular complexity index is 936. The first-order valence-electron chi connectivity index (χ1n) is 11.7. The Morgan fingerprint density at radius 1 is 1.12 bits per heavy atom. The van der Waals surface area contributed by atoms with Crippen LogP contribution in [0.1, 0.15) is 54.3 Å². The molecule has 0 aromatic heterocycles. The Labute approximate surface area is 187 Å². The standard InChI is InChI=1S/C24H30N4O4/c29-14-21(30)23-19-9-17(16-5-7-27(8-6-16)12-15-10-25-11-15)1-2-18(19)13-28(23)20-3-4-22(31)26-24(20)32/h1-2,9,14-16,20,23,25H,3-8,10-13H2,(H,26,31,32). The minimum atomic E-state index is -0.752. The van der Waals surface area contributed by atoms with E-state index in [1.807, 2.05) is 6.07 Å². The van der Waals surface area contributed by atoms with Gasteiger partial charge in [-0.25, -0.2) is 0 Å². The third-order valence-corrected chi connectivity index (χ3v) is 7.59. The van der Waals surface area contributed by atoms with Gasteiger partial charge in [0.05, 0.1) is 6.04 Å². The van der Waals surface area contributed by atoms with E-state index in [1.54, 1.807) is 4.90 Å². The summed E-state index contributed by atoms with van der Waals surface area (Å²) < 4.78 is 0. The summed E-state index contributed by atoms with van der Waals surface area (Å²) in [4.78, 5) is 52.5. The summed E-state index contributed by atoms with van der Waals surface area (Å²) >= 11 is 0. The van der Waals surface area contributed by atoms with Crippen LogP contribution in [-0.4, -0.2) is 72.4 Å². The number of likely N-dealkylation sites (tertiary alicyclic amines) is 1. The molecule has 0 bridgehead atoms. The monoisotopic (exact) mass is 438 g/mol. The molecule has 0 radical (unpaired) electrons. The summed E-state index contributed by atoms with van der Waals surface area (Å²) in [5.41, 5.74) is 3.03. The molecule has 8 nitrogen and oxygen atoms in total. The number of nitrogens with one attached hydrogen (secondary N) is 2. The lowest BCUT2D eigenvalue weighted by Gasteiger charge is -2.37. The summed E-state index contributed by atoms with van der Waals surface area (Å²) in [7, 11) is 0. The van der Waals surface area contributed by atoms with E-state index >= 15 is 0 Å². The van der Waals surface area contributed by atoms with Crippen LogP contribution in [-0.2, 0) is 25.7 Å². The van der Waals surface area contributed by atoms with Gasteiger partial charge in [-0.15, -0.1) is 0 Å². The topological polar surface area (TPSA) is 98.8 Å². The second-order valence-electron chi connectivity index (χ2n) is 9.62. The van der Waals surface area contributed by atoms with E-state index in [0.717, 1.165) is 56.1 Å². The molecule has 0 saturated carbocycles. The molecule has 3 fully saturated rings. The molecule has 2 unspecified atom stereocenters. The third-order valence-electron chi connectivity index (χ3n) is 7.59. The van der Waals surface area contributed by atoms with E-state index in [-0.39, 0.29) is 18.2 Å². The fourth-order valence-corrected chi connectivity index (χ4v) is 5.69. The molecule has 8 heteroatoms. The second-order valence-corrected chi connectivity index (χ2v) is 9.62. The van der Waals surface area contributed by atoms with Gasteiger partial charge in [-0.05, 0) is 60.9 Å². The number of rotatable bonds is 6. The molecule has 4 aliphatic rings. The fourth-order valence-electron chi connectivity index (χ4n) is 5.69. The Morgan fingerprint density at radius 3 is 2.56 bits per heavy atom. The van der Waals surface area contributed by atoms with Crippen molar-refractivity contribution in [3.63, 3.8) is 0 Å². The first kappa shape index (κ1) is 21.4. The van der Waals surface area contributed by atoms with Gasteiger partial charge < -0.3 is 10.2 Å². The number of nitrogens with zero attached hydrogens (tertiary/aromatic N) is 2. The SMILES string of the molecule is O=CC(=O)C1c2cc(C3CCN(CC4CNC4)CC3)ccc2CN1C1CCC(=O)NC1=O. The summed E-state index contributed by atoms with van der Waals surface area (Å²) in [6.45, 7) is 6.01. The maximum atomic E-state index is 12.6. The quantitative estimate of drug-likeness (QED) is 0.379. The molecule has 3 saturated heterocycles. The van der Waals surface area contributed by atoms with Crippen LogP contribution >= 0.6 is 0 Å². The molecule has 4 heterocycles. The zero-order valence-corrected chi connectivity index (χ0v) is 18.2. The van der Waals surface area contributed by atoms with Gasteiger partial charge in [-0.3, -0.25) is 29.4 Å². The van der Waals surface area contributed by atoms with Crippen LogP contribution in [0.25, 0.3) is 0 Å². The molecule has 170 valence electrons. The van der Waals surface area contributed by atoms with Gasteiger partial charge >= 0.3 is 0 Å². The number of imide groups is 1. The van der Waals surface area contributed by atoms with E-state index in [0.29, 0.717) is 25.2 Å². The van der Waals surface area contributed by atoms with E-state index in [2.05, 4.69) is 27.7 Å². The fraction of sp³-hybridized carbons (Fsp3) is 0.583. The van der Waals surface area contributed by atoms with Crippen LogP contribution in [0.3, 0.4) is 0 Å². The molecule has 5 rings (SSSR count). The van der Waals surface area contributed by atoms with Crippen LogP contribution in [0.2, 0.25) is 0 Å². The Hall–Kier alpha value is -2.42. The molecular formula is C24H30N4O4. The summed E-state index contributed by atoms with van der Waals surface area (Å²) in [5.74, 6) is 0.0117. The Kier molecular flexibility index (Phi) is 5.92. The number of hydrogen-bond donors (Lipinski definition) is 2. The number of aldehydes is 1. The molecule has 32 heavy (non-hydrogen) atoms. The van der Waals surface area contributed by atoms with Crippen molar-refractivity contribution < 1.29 is 19.2 Å². The maximum absolute atomic E-state index is 12.6. The highest BCUT2D eigenvalue weighted by molar-refractivity contribution is 6.27. The van der Waals surface area contributed by atoms with Gasteiger partial charge in [-0.1, -0.05) is 18.2 Å². The van der Waals surface area contributed by atoms with Crippen LogP contribution < -0.4 is 10.6 Å². The van der Waals surface area contributed by atoms with Crippen molar-refractivity contribution in [2.24, 2.45) is 5.92 Å². The molecule has 0 spiro atoms. The highest BCUT2D eigenvalue weighted by Crippen LogP contribution is 2.40. The van der Waals surface area contributed by atoms with Crippen LogP contribution in [0.15, 0.2) is 18.2 Å². The van der Waals surface area contributed by atoms with Crippen LogP contribution in [0.5, 0.6) is 0 Å². The largest absolute Gasteiger partial charge is 0.316 e. The van der Waals surface area contributed by atoms with Crippen molar-refractivity contribution in [1.82, 2.24) is 20.4 Å². The number of amides is 2. The predicted molar refractivity (Wildman–Crippen MR) is 117 cm³/mol. The number of carbonyl (C=O) groups is 4. The smallest absolute Gasteiger partial charge is 0.243 e. The van der Waals surface area contributed by atoms with Crippen molar-refractivity contribution in [3.8, 4) is 0 Å². The molecule has 2 atom stereocenters. The van der Waals surface area contributed by atoms with Gasteiger partial charge in [0, 0.05) is 32.6 Å². The lowest BCUT2D eigenvalue weighted by atomic mass is 9.86. The maximum Gasteiger partial charge on any atom is 0.243 e. The number of benzene rings is 1. The highest BCUT2D eigenvalue weighted by Gasteiger charge is 2.43. The third kappa shape index (κ3) is 4.02. The normalized spacial score (nSPS) is 27.6. The number of hydrogen-bond acceptors (Lipinski definition) is 7. The van der Waals surface area contributed by atoms with Gasteiger partial charge in [-0.2, -0.15) is 0 Å². The average Bonchev–Trinajstić information content (AvgIpc) is 3.14. The first-order chi connectivity index (χ1) is 15.5. The molecule has 0 aliphatic carbocycles. The summed E-state index contributed by atoms with van der Waals surface area (Å²) in [5, 5.41) is 5.71. The van der Waals surface area contributed by atoms with Gasteiger partial charge in [0.1, 0.15) is 6.04 Å². The van der Waals surface area contributed by atoms with Gasteiger partial charge in [0.25, 0.3) is 0 Å². The van der Waals surface area contributed by atoms with Crippen molar-refractivity contribution in [2.45, 2.75) is 50.2 Å². The number of Topliss-reactive ketones (excluding diaryl/α,β-unsaturated/α-hetero) is 1. The minimum absolute atomic E-state index is 0.242. The van der Waals surface area contributed by atoms with Crippen molar-refractivity contribution in [3.05, 3.63) is 34.9 Å². The Morgan fingerprint density at radius 2 is 1.91 bits per heavy atom. The number of piperidine rings is 2. The van der Waals surface area contributed by atoms with Crippen LogP contribution in [0.4, 0.5) is 0 Å². The number of carbonyl (C=O) groups excluding carboxylic acids is 4. The van der Waals surface area contributed by atoms with Crippen molar-refractivity contribution >= 4 is 23.9 Å². The second kappa shape index (κ2) is 8.84. The number of ketones is 1. The molecule has 2 amide bonds. The molecule has 4 aliphatic heterocycles. The molecule has 2 N–H and O–H groups in total. The zero-order valence-electron chi connectivity index (χ0n) is 18.2. The van der Waals surface area contributed by atoms with Gasteiger partial charge in [0.15, 0.2) is 6.29 Å². The lowest BCUT2D eigenvalue weighted by molar-refractivity contribution is -0.141. The minimum Gasteiger partial charge on any atom is -0.316 e. The highest BCUT2D eigenvalue weighted by atomic mass is 16.2. The van der Waals surface area contributed by atoms with E-state index in [1.165, 1.54) is 12.1 Å². The Balaban J connectivity index is 1.33. The van der Waals surface area contributed by atoms with Crippen LogP contribution in [0, 0.1) is 5.92 Å². The zero-order chi connectivity index (χ0) is 22.2. The molecule has 1 aromatic carbocycles. The number of fused-ring (bicyclic) bond motifs is 1. The summed E-state index contributed by atoms with van der Waals surface area (Å²) in [6, 6.07) is 4.95. The van der Waals surface area contributed by atoms with Crippen molar-refractivity contribution in [1.29, 1.82) is 0 Å². The van der Waals surface area contributed by atoms with E-state index in [9.17, 15) is 19.2 Å².